The van der Waals surface area contributed by atoms with E-state index in [2.05, 4.69) is 92.2 Å². The van der Waals surface area contributed by atoms with E-state index in [-0.39, 0.29) is 0 Å². The Kier molecular flexibility index (Phi) is 5.01. The van der Waals surface area contributed by atoms with Crippen molar-refractivity contribution >= 4 is 20.7 Å². The minimum Gasteiger partial charge on any atom is -0.391 e. The highest BCUT2D eigenvalue weighted by Gasteiger charge is 2.19. The summed E-state index contributed by atoms with van der Waals surface area (Å²) in [5.41, 5.74) is 10.4. The molecule has 1 aliphatic carbocycles. The van der Waals surface area contributed by atoms with Crippen LogP contribution in [0.15, 0.2) is 78.5 Å². The van der Waals surface area contributed by atoms with E-state index in [4.69, 9.17) is 0 Å². The average molecular weight is 372 g/mol. The molecule has 1 unspecified atom stereocenters. The van der Waals surface area contributed by atoms with Crippen LogP contribution >= 0.6 is 9.39 Å². The number of rotatable bonds is 4. The lowest BCUT2D eigenvalue weighted by atomic mass is 9.84. The van der Waals surface area contributed by atoms with Crippen molar-refractivity contribution in [3.63, 3.8) is 0 Å². The third-order valence-electron chi connectivity index (χ3n) is 5.29. The smallest absolute Gasteiger partial charge is 0.0398 e. The molecule has 3 aromatic carbocycles. The van der Waals surface area contributed by atoms with Crippen LogP contribution in [0.3, 0.4) is 0 Å². The van der Waals surface area contributed by atoms with Crippen LogP contribution in [-0.4, -0.2) is 14.1 Å². The first-order valence-electron chi connectivity index (χ1n) is 9.36. The number of hydrogen-bond acceptors (Lipinski definition) is 2. The highest BCUT2D eigenvalue weighted by molar-refractivity contribution is 7.19. The standard InChI is InChI=1S/C24H25N2P/c1-25-23-15-14-18-6-3-4-9-22(18)24(23)19-12-10-17(11-13-19)20-7-5-8-21(16-20)26(2)27/h3-13,16,25H,14-15,27H2,1-2H3. The molecule has 3 heteroatoms. The van der Waals surface area contributed by atoms with E-state index < -0.39 is 0 Å². The molecule has 0 amide bonds. The second-order valence-electron chi connectivity index (χ2n) is 7.00. The molecule has 0 radical (unpaired) electrons. The zero-order valence-electron chi connectivity index (χ0n) is 15.9. The van der Waals surface area contributed by atoms with Gasteiger partial charge >= 0.3 is 0 Å². The molecule has 0 spiro atoms. The molecule has 2 nitrogen and oxygen atoms in total. The fourth-order valence-electron chi connectivity index (χ4n) is 3.84. The molecular weight excluding hydrogens is 347 g/mol. The van der Waals surface area contributed by atoms with Crippen LogP contribution in [0.1, 0.15) is 23.1 Å². The Labute approximate surface area is 164 Å². The normalized spacial score (nSPS) is 13.3. The predicted octanol–water partition coefficient (Wildman–Crippen LogP) is 5.50. The molecule has 0 saturated carbocycles. The molecule has 1 aliphatic rings. The molecule has 3 aromatic rings. The van der Waals surface area contributed by atoms with Gasteiger partial charge in [0.2, 0.25) is 0 Å². The van der Waals surface area contributed by atoms with Crippen LogP contribution < -0.4 is 9.99 Å². The Morgan fingerprint density at radius 2 is 1.56 bits per heavy atom. The van der Waals surface area contributed by atoms with Crippen LogP contribution in [-0.2, 0) is 6.42 Å². The molecule has 0 aliphatic heterocycles. The summed E-state index contributed by atoms with van der Waals surface area (Å²) in [6.07, 6.45) is 2.16. The minimum absolute atomic E-state index is 1.06. The van der Waals surface area contributed by atoms with Gasteiger partial charge in [0.05, 0.1) is 0 Å². The molecule has 1 atom stereocenters. The highest BCUT2D eigenvalue weighted by Crippen LogP contribution is 2.36. The van der Waals surface area contributed by atoms with Crippen molar-refractivity contribution in [2.75, 3.05) is 18.8 Å². The topological polar surface area (TPSA) is 15.3 Å². The first-order chi connectivity index (χ1) is 13.2. The predicted molar refractivity (Wildman–Crippen MR) is 120 cm³/mol. The number of anilines is 1. The molecule has 4 rings (SSSR count). The second kappa shape index (κ2) is 7.58. The van der Waals surface area contributed by atoms with Crippen LogP contribution in [0.5, 0.6) is 0 Å². The maximum absolute atomic E-state index is 3.43. The summed E-state index contributed by atoms with van der Waals surface area (Å²) < 4.78 is 2.06. The first kappa shape index (κ1) is 17.8. The van der Waals surface area contributed by atoms with Crippen molar-refractivity contribution in [1.29, 1.82) is 0 Å². The number of fused-ring (bicyclic) bond motifs is 1. The van der Waals surface area contributed by atoms with Gasteiger partial charge in [-0.05, 0) is 62.2 Å². The zero-order valence-corrected chi connectivity index (χ0v) is 17.0. The maximum atomic E-state index is 3.43. The molecule has 0 heterocycles. The quantitative estimate of drug-likeness (QED) is 0.608. The van der Waals surface area contributed by atoms with Gasteiger partial charge in [-0.25, -0.2) is 0 Å². The molecule has 1 N–H and O–H groups in total. The van der Waals surface area contributed by atoms with Crippen molar-refractivity contribution in [2.45, 2.75) is 12.8 Å². The van der Waals surface area contributed by atoms with Gasteiger partial charge in [-0.1, -0.05) is 60.7 Å². The Hall–Kier alpha value is -2.57. The SMILES string of the molecule is CNC1=C(c2ccc(-c3cccc(N(C)P)c3)cc2)c2ccccc2CC1. The van der Waals surface area contributed by atoms with E-state index in [1.165, 1.54) is 44.8 Å². The maximum Gasteiger partial charge on any atom is 0.0398 e. The third kappa shape index (κ3) is 3.50. The lowest BCUT2D eigenvalue weighted by Crippen LogP contribution is -2.15. The summed E-state index contributed by atoms with van der Waals surface area (Å²) in [6, 6.07) is 26.3. The summed E-state index contributed by atoms with van der Waals surface area (Å²) >= 11 is 0. The van der Waals surface area contributed by atoms with Crippen molar-refractivity contribution in [2.24, 2.45) is 0 Å². The number of hydrogen-bond donors (Lipinski definition) is 1. The third-order valence-corrected chi connectivity index (χ3v) is 5.59. The van der Waals surface area contributed by atoms with Crippen LogP contribution in [0.2, 0.25) is 0 Å². The van der Waals surface area contributed by atoms with Gasteiger partial charge in [0.1, 0.15) is 0 Å². The molecule has 0 aromatic heterocycles. The first-order valence-corrected chi connectivity index (χ1v) is 9.87. The highest BCUT2D eigenvalue weighted by atomic mass is 31.0. The van der Waals surface area contributed by atoms with E-state index in [1.54, 1.807) is 0 Å². The summed E-state index contributed by atoms with van der Waals surface area (Å²) in [5, 5.41) is 3.43. The molecule has 0 bridgehead atoms. The van der Waals surface area contributed by atoms with Gasteiger partial charge in [-0.15, -0.1) is 0 Å². The van der Waals surface area contributed by atoms with E-state index >= 15 is 0 Å². The second-order valence-corrected chi connectivity index (χ2v) is 7.77. The average Bonchev–Trinajstić information content (AvgIpc) is 2.73. The minimum atomic E-state index is 1.06. The molecule has 0 fully saturated rings. The lowest BCUT2D eigenvalue weighted by Gasteiger charge is -2.24. The van der Waals surface area contributed by atoms with Crippen molar-refractivity contribution in [3.8, 4) is 11.1 Å². The van der Waals surface area contributed by atoms with Gasteiger partial charge in [-0.2, -0.15) is 0 Å². The summed E-state index contributed by atoms with van der Waals surface area (Å²) in [5.74, 6) is 0. The number of benzene rings is 3. The lowest BCUT2D eigenvalue weighted by molar-refractivity contribution is 0.822. The van der Waals surface area contributed by atoms with Gasteiger partial charge in [0, 0.05) is 31.1 Å². The largest absolute Gasteiger partial charge is 0.391 e. The van der Waals surface area contributed by atoms with Crippen molar-refractivity contribution in [1.82, 2.24) is 5.32 Å². The van der Waals surface area contributed by atoms with Gasteiger partial charge in [0.25, 0.3) is 0 Å². The Morgan fingerprint density at radius 1 is 0.815 bits per heavy atom. The fraction of sp³-hybridized carbons (Fsp3) is 0.167. The van der Waals surface area contributed by atoms with Gasteiger partial charge in [0.15, 0.2) is 0 Å². The number of aryl methyl sites for hydroxylation is 1. The van der Waals surface area contributed by atoms with Crippen LogP contribution in [0, 0.1) is 0 Å². The number of nitrogens with one attached hydrogen (secondary N) is 1. The summed E-state index contributed by atoms with van der Waals surface area (Å²) in [7, 11) is 6.78. The van der Waals surface area contributed by atoms with E-state index in [0.29, 0.717) is 0 Å². The van der Waals surface area contributed by atoms with Gasteiger partial charge in [-0.3, -0.25) is 0 Å². The van der Waals surface area contributed by atoms with Crippen molar-refractivity contribution < 1.29 is 0 Å². The molecule has 27 heavy (non-hydrogen) atoms. The number of nitrogens with zero attached hydrogens (tertiary/aromatic N) is 1. The summed E-state index contributed by atoms with van der Waals surface area (Å²) in [6.45, 7) is 0. The van der Waals surface area contributed by atoms with Crippen molar-refractivity contribution in [3.05, 3.63) is 95.2 Å². The van der Waals surface area contributed by atoms with E-state index in [1.807, 2.05) is 14.1 Å². The van der Waals surface area contributed by atoms with Crippen LogP contribution in [0.4, 0.5) is 5.69 Å². The Balaban J connectivity index is 1.74. The molecule has 0 saturated heterocycles. The number of allylic oxidation sites excluding steroid dienone is 1. The zero-order chi connectivity index (χ0) is 18.8. The Bertz CT molecular complexity index is 987. The molecular formula is C24H25N2P. The van der Waals surface area contributed by atoms with Gasteiger partial charge < -0.3 is 9.99 Å². The van der Waals surface area contributed by atoms with E-state index in [0.717, 1.165) is 12.8 Å². The fourth-order valence-corrected chi connectivity index (χ4v) is 4.00. The van der Waals surface area contributed by atoms with E-state index in [9.17, 15) is 0 Å². The summed E-state index contributed by atoms with van der Waals surface area (Å²) in [4.78, 5) is 0. The Morgan fingerprint density at radius 3 is 2.30 bits per heavy atom. The van der Waals surface area contributed by atoms with Crippen LogP contribution in [0.25, 0.3) is 16.7 Å². The molecule has 136 valence electrons. The monoisotopic (exact) mass is 372 g/mol.